The molecular weight excluding hydrogens is 338 g/mol. The lowest BCUT2D eigenvalue weighted by Crippen LogP contribution is -2.36. The van der Waals surface area contributed by atoms with E-state index in [9.17, 15) is 4.79 Å². The second-order valence-corrected chi connectivity index (χ2v) is 6.72. The first kappa shape index (κ1) is 18.7. The topological polar surface area (TPSA) is 56.1 Å². The zero-order valence-corrected chi connectivity index (χ0v) is 16.2. The van der Waals surface area contributed by atoms with Crippen molar-refractivity contribution in [1.82, 2.24) is 14.9 Å². The number of nitrogens with zero attached hydrogens (tertiary/aromatic N) is 2. The third-order valence-corrected chi connectivity index (χ3v) is 4.55. The smallest absolute Gasteiger partial charge is 0.261 e. The van der Waals surface area contributed by atoms with Crippen molar-refractivity contribution in [3.63, 3.8) is 0 Å². The lowest BCUT2D eigenvalue weighted by Gasteiger charge is -2.18. The van der Waals surface area contributed by atoms with Gasteiger partial charge in [0.25, 0.3) is 5.91 Å². The maximum atomic E-state index is 12.5. The molecule has 0 bridgehead atoms. The molecule has 0 aliphatic carbocycles. The third-order valence-electron chi connectivity index (χ3n) is 4.55. The summed E-state index contributed by atoms with van der Waals surface area (Å²) in [6, 6.07) is 14.0. The molecule has 0 aliphatic rings. The lowest BCUT2D eigenvalue weighted by molar-refractivity contribution is -0.127. The van der Waals surface area contributed by atoms with Gasteiger partial charge in [-0.2, -0.15) is 0 Å². The highest BCUT2D eigenvalue weighted by atomic mass is 16.5. The van der Waals surface area contributed by atoms with E-state index < -0.39 is 6.10 Å². The molecular formula is C22H25N3O2. The predicted molar refractivity (Wildman–Crippen MR) is 106 cm³/mol. The number of nitrogens with one attached hydrogen (secondary N) is 1. The van der Waals surface area contributed by atoms with Gasteiger partial charge >= 0.3 is 0 Å². The Morgan fingerprint density at radius 1 is 1.19 bits per heavy atom. The fourth-order valence-electron chi connectivity index (χ4n) is 2.93. The standard InChI is InChI=1S/C22H25N3O2/c1-15-9-10-16(2)21(13-15)27-17(3)22(26)24-14-19-7-5-6-8-20(19)25-12-11-23-18(25)4/h5-13,17H,14H2,1-4H3,(H,24,26)/t17-/m1/s1. The monoisotopic (exact) mass is 363 g/mol. The molecule has 1 N–H and O–H groups in total. The van der Waals surface area contributed by atoms with Crippen LogP contribution in [0.5, 0.6) is 5.75 Å². The Kier molecular flexibility index (Phi) is 5.60. The van der Waals surface area contributed by atoms with Gasteiger partial charge in [0.2, 0.25) is 0 Å². The molecule has 1 aromatic heterocycles. The van der Waals surface area contributed by atoms with E-state index in [1.54, 1.807) is 13.1 Å². The van der Waals surface area contributed by atoms with Gasteiger partial charge in [-0.25, -0.2) is 4.98 Å². The van der Waals surface area contributed by atoms with Gasteiger partial charge < -0.3 is 14.6 Å². The molecule has 0 saturated carbocycles. The minimum Gasteiger partial charge on any atom is -0.481 e. The van der Waals surface area contributed by atoms with Crippen LogP contribution in [-0.2, 0) is 11.3 Å². The Labute approximate surface area is 160 Å². The summed E-state index contributed by atoms with van der Waals surface area (Å²) in [4.78, 5) is 16.8. The molecule has 0 fully saturated rings. The van der Waals surface area contributed by atoms with E-state index in [4.69, 9.17) is 4.74 Å². The van der Waals surface area contributed by atoms with E-state index in [1.807, 2.05) is 74.0 Å². The number of para-hydroxylation sites is 1. The second kappa shape index (κ2) is 8.08. The van der Waals surface area contributed by atoms with E-state index in [0.717, 1.165) is 34.0 Å². The molecule has 0 spiro atoms. The number of carbonyl (C=O) groups excluding carboxylic acids is 1. The van der Waals surface area contributed by atoms with Gasteiger partial charge in [-0.05, 0) is 56.5 Å². The Bertz CT molecular complexity index is 946. The van der Waals surface area contributed by atoms with Crippen LogP contribution >= 0.6 is 0 Å². The van der Waals surface area contributed by atoms with E-state index in [-0.39, 0.29) is 5.91 Å². The summed E-state index contributed by atoms with van der Waals surface area (Å²) in [6.45, 7) is 8.13. The van der Waals surface area contributed by atoms with Crippen molar-refractivity contribution in [3.8, 4) is 11.4 Å². The fourth-order valence-corrected chi connectivity index (χ4v) is 2.93. The predicted octanol–water partition coefficient (Wildman–Crippen LogP) is 3.88. The minimum absolute atomic E-state index is 0.145. The number of hydrogen-bond acceptors (Lipinski definition) is 3. The number of ether oxygens (including phenoxy) is 1. The molecule has 3 rings (SSSR count). The molecule has 5 heteroatoms. The highest BCUT2D eigenvalue weighted by Crippen LogP contribution is 2.21. The number of benzene rings is 2. The molecule has 0 unspecified atom stereocenters. The van der Waals surface area contributed by atoms with E-state index >= 15 is 0 Å². The second-order valence-electron chi connectivity index (χ2n) is 6.72. The van der Waals surface area contributed by atoms with Gasteiger partial charge in [0.05, 0.1) is 5.69 Å². The van der Waals surface area contributed by atoms with Crippen LogP contribution < -0.4 is 10.1 Å². The van der Waals surface area contributed by atoms with Crippen molar-refractivity contribution in [2.24, 2.45) is 0 Å². The van der Waals surface area contributed by atoms with Crippen molar-refractivity contribution in [1.29, 1.82) is 0 Å². The molecule has 5 nitrogen and oxygen atoms in total. The van der Waals surface area contributed by atoms with Crippen LogP contribution in [0.2, 0.25) is 0 Å². The lowest BCUT2D eigenvalue weighted by atomic mass is 10.1. The summed E-state index contributed by atoms with van der Waals surface area (Å²) in [7, 11) is 0. The SMILES string of the molecule is Cc1ccc(C)c(O[C@H](C)C(=O)NCc2ccccc2-n2ccnc2C)c1. The number of hydrogen-bond donors (Lipinski definition) is 1. The van der Waals surface area contributed by atoms with Gasteiger partial charge in [0.15, 0.2) is 6.10 Å². The van der Waals surface area contributed by atoms with E-state index in [1.165, 1.54) is 0 Å². The highest BCUT2D eigenvalue weighted by Gasteiger charge is 2.16. The van der Waals surface area contributed by atoms with E-state index in [2.05, 4.69) is 10.3 Å². The molecule has 3 aromatic rings. The van der Waals surface area contributed by atoms with Crippen LogP contribution in [-0.4, -0.2) is 21.6 Å². The maximum absolute atomic E-state index is 12.5. The van der Waals surface area contributed by atoms with Crippen LogP contribution in [0, 0.1) is 20.8 Å². The summed E-state index contributed by atoms with van der Waals surface area (Å²) in [5.74, 6) is 1.50. The van der Waals surface area contributed by atoms with Gasteiger partial charge in [0, 0.05) is 18.9 Å². The van der Waals surface area contributed by atoms with Crippen LogP contribution in [0.1, 0.15) is 29.4 Å². The van der Waals surface area contributed by atoms with Crippen molar-refractivity contribution in [2.75, 3.05) is 0 Å². The van der Waals surface area contributed by atoms with Crippen LogP contribution in [0.15, 0.2) is 54.9 Å². The number of aromatic nitrogens is 2. The van der Waals surface area contributed by atoms with Crippen molar-refractivity contribution >= 4 is 5.91 Å². The molecule has 0 saturated heterocycles. The largest absolute Gasteiger partial charge is 0.481 e. The van der Waals surface area contributed by atoms with Crippen LogP contribution in [0.4, 0.5) is 0 Å². The number of aryl methyl sites for hydroxylation is 3. The number of imidazole rings is 1. The molecule has 0 radical (unpaired) electrons. The normalized spacial score (nSPS) is 11.9. The Morgan fingerprint density at radius 3 is 2.70 bits per heavy atom. The van der Waals surface area contributed by atoms with Crippen molar-refractivity contribution in [3.05, 3.63) is 77.4 Å². The van der Waals surface area contributed by atoms with Gasteiger partial charge in [-0.3, -0.25) is 4.79 Å². The van der Waals surface area contributed by atoms with Crippen LogP contribution in [0.3, 0.4) is 0 Å². The Hall–Kier alpha value is -3.08. The van der Waals surface area contributed by atoms with Gasteiger partial charge in [-0.15, -0.1) is 0 Å². The number of carbonyl (C=O) groups is 1. The van der Waals surface area contributed by atoms with Crippen molar-refractivity contribution in [2.45, 2.75) is 40.3 Å². The summed E-state index contributed by atoms with van der Waals surface area (Å²) in [6.07, 6.45) is 3.11. The summed E-state index contributed by atoms with van der Waals surface area (Å²) in [5.41, 5.74) is 4.15. The van der Waals surface area contributed by atoms with Gasteiger partial charge in [-0.1, -0.05) is 30.3 Å². The molecule has 0 aliphatic heterocycles. The first-order valence-electron chi connectivity index (χ1n) is 9.05. The highest BCUT2D eigenvalue weighted by molar-refractivity contribution is 5.80. The maximum Gasteiger partial charge on any atom is 0.261 e. The van der Waals surface area contributed by atoms with Gasteiger partial charge in [0.1, 0.15) is 11.6 Å². The minimum atomic E-state index is -0.576. The molecule has 2 aromatic carbocycles. The number of amides is 1. The zero-order valence-electron chi connectivity index (χ0n) is 16.2. The molecule has 27 heavy (non-hydrogen) atoms. The van der Waals surface area contributed by atoms with Crippen LogP contribution in [0.25, 0.3) is 5.69 Å². The molecule has 140 valence electrons. The Balaban J connectivity index is 1.68. The molecule has 1 heterocycles. The summed E-state index contributed by atoms with van der Waals surface area (Å²) in [5, 5.41) is 2.98. The quantitative estimate of drug-likeness (QED) is 0.723. The third kappa shape index (κ3) is 4.37. The first-order valence-corrected chi connectivity index (χ1v) is 9.05. The molecule has 1 amide bonds. The average Bonchev–Trinajstić information content (AvgIpc) is 3.08. The fraction of sp³-hybridized carbons (Fsp3) is 0.273. The Morgan fingerprint density at radius 2 is 1.96 bits per heavy atom. The van der Waals surface area contributed by atoms with Crippen molar-refractivity contribution < 1.29 is 9.53 Å². The molecule has 1 atom stereocenters. The first-order chi connectivity index (χ1) is 13.0. The zero-order chi connectivity index (χ0) is 19.4. The average molecular weight is 363 g/mol. The summed E-state index contributed by atoms with van der Waals surface area (Å²) < 4.78 is 7.88. The number of rotatable bonds is 6. The van der Waals surface area contributed by atoms with E-state index in [0.29, 0.717) is 6.54 Å². The summed E-state index contributed by atoms with van der Waals surface area (Å²) >= 11 is 0.